The number of aliphatic imine (C=N–C) groups is 1. The molecule has 0 aromatic heterocycles. The summed E-state index contributed by atoms with van der Waals surface area (Å²) in [5.74, 6) is 1.71. The molecular weight excluding hydrogens is 753 g/mol. The minimum Gasteiger partial charge on any atom is -0.493 e. The van der Waals surface area contributed by atoms with Crippen LogP contribution < -0.4 is 19.7 Å². The average molecular weight is 790 g/mol. The van der Waals surface area contributed by atoms with E-state index in [9.17, 15) is 4.79 Å². The van der Waals surface area contributed by atoms with Crippen LogP contribution in [-0.2, 0) is 11.4 Å². The van der Waals surface area contributed by atoms with Crippen LogP contribution in [-0.4, -0.2) is 31.3 Å². The van der Waals surface area contributed by atoms with E-state index in [-0.39, 0.29) is 17.7 Å². The van der Waals surface area contributed by atoms with Crippen molar-refractivity contribution >= 4 is 62.9 Å². The highest BCUT2D eigenvalue weighted by molar-refractivity contribution is 14.1. The van der Waals surface area contributed by atoms with Crippen molar-refractivity contribution in [2.45, 2.75) is 31.3 Å². The van der Waals surface area contributed by atoms with Gasteiger partial charge in [0.1, 0.15) is 6.61 Å². The van der Waals surface area contributed by atoms with Gasteiger partial charge < -0.3 is 19.7 Å². The Morgan fingerprint density at radius 2 is 1.46 bits per heavy atom. The highest BCUT2D eigenvalue weighted by Gasteiger charge is 2.35. The van der Waals surface area contributed by atoms with Crippen molar-refractivity contribution in [2.75, 3.05) is 25.1 Å². The first-order valence-corrected chi connectivity index (χ1v) is 18.8. The predicted molar refractivity (Wildman–Crippen MR) is 212 cm³/mol. The molecule has 0 aliphatic carbocycles. The van der Waals surface area contributed by atoms with E-state index in [0.29, 0.717) is 28.2 Å². The van der Waals surface area contributed by atoms with Gasteiger partial charge in [-0.2, -0.15) is 0 Å². The van der Waals surface area contributed by atoms with Crippen LogP contribution in [0.4, 0.5) is 11.4 Å². The second kappa shape index (κ2) is 14.4. The summed E-state index contributed by atoms with van der Waals surface area (Å²) in [5.41, 5.74) is 9.46. The van der Waals surface area contributed by atoms with Crippen LogP contribution in [0.25, 0.3) is 6.08 Å². The van der Waals surface area contributed by atoms with E-state index in [1.54, 1.807) is 7.11 Å². The van der Waals surface area contributed by atoms with E-state index in [1.165, 1.54) is 39.7 Å². The van der Waals surface area contributed by atoms with Gasteiger partial charge in [0.15, 0.2) is 16.7 Å². The molecule has 250 valence electrons. The number of rotatable bonds is 8. The van der Waals surface area contributed by atoms with Crippen LogP contribution in [0.5, 0.6) is 11.5 Å². The second-order valence-electron chi connectivity index (χ2n) is 12.8. The second-order valence-corrected chi connectivity index (χ2v) is 14.9. The number of methoxy groups -OCH3 is 1. The molecule has 1 N–H and O–H groups in total. The number of nitrogens with one attached hydrogen (secondary N) is 1. The number of hydrogen-bond acceptors (Lipinski definition) is 6. The Labute approximate surface area is 310 Å². The zero-order valence-corrected chi connectivity index (χ0v) is 30.6. The number of benzene rings is 5. The molecule has 1 fully saturated rings. The summed E-state index contributed by atoms with van der Waals surface area (Å²) in [5, 5.41) is 3.61. The fourth-order valence-corrected chi connectivity index (χ4v) is 8.97. The molecule has 0 unspecified atom stereocenters. The minimum absolute atomic E-state index is 0.165. The number of amides is 1. The van der Waals surface area contributed by atoms with Crippen molar-refractivity contribution in [3.63, 3.8) is 0 Å². The Morgan fingerprint density at radius 3 is 2.06 bits per heavy atom. The van der Waals surface area contributed by atoms with Crippen molar-refractivity contribution < 1.29 is 14.3 Å². The topological polar surface area (TPSA) is 63.2 Å². The Kier molecular flexibility index (Phi) is 9.38. The van der Waals surface area contributed by atoms with E-state index in [2.05, 4.69) is 106 Å². The van der Waals surface area contributed by atoms with E-state index in [1.807, 2.05) is 48.5 Å². The third kappa shape index (κ3) is 6.66. The summed E-state index contributed by atoms with van der Waals surface area (Å²) in [6, 6.07) is 40.1. The zero-order chi connectivity index (χ0) is 34.0. The Balaban J connectivity index is 1.12. The molecule has 0 radical (unpaired) electrons. The van der Waals surface area contributed by atoms with Crippen molar-refractivity contribution in [1.82, 2.24) is 5.32 Å². The Bertz CT molecular complexity index is 2030. The molecule has 0 saturated carbocycles. The molecule has 1 saturated heterocycles. The lowest BCUT2D eigenvalue weighted by molar-refractivity contribution is -0.115. The monoisotopic (exact) mass is 789 g/mol. The van der Waals surface area contributed by atoms with Crippen LogP contribution in [0, 0.1) is 3.57 Å². The minimum atomic E-state index is -0.165. The van der Waals surface area contributed by atoms with Gasteiger partial charge >= 0.3 is 0 Å². The zero-order valence-electron chi connectivity index (χ0n) is 27.6. The molecule has 6 nitrogen and oxygen atoms in total. The molecule has 3 aliphatic heterocycles. The highest BCUT2D eigenvalue weighted by Crippen LogP contribution is 2.50. The van der Waals surface area contributed by atoms with Crippen LogP contribution in [0.15, 0.2) is 125 Å². The molecule has 8 rings (SSSR count). The van der Waals surface area contributed by atoms with Gasteiger partial charge in [0, 0.05) is 30.6 Å². The number of carbonyl (C=O) groups excluding carboxylic acids is 1. The van der Waals surface area contributed by atoms with Crippen molar-refractivity contribution in [2.24, 2.45) is 4.99 Å². The van der Waals surface area contributed by atoms with Crippen molar-refractivity contribution in [1.29, 1.82) is 0 Å². The quantitative estimate of drug-likeness (QED) is 0.125. The predicted octanol–water partition coefficient (Wildman–Crippen LogP) is 9.65. The smallest absolute Gasteiger partial charge is 0.264 e. The number of anilines is 1. The maximum atomic E-state index is 13.3. The maximum absolute atomic E-state index is 13.3. The van der Waals surface area contributed by atoms with E-state index < -0.39 is 0 Å². The number of halogens is 1. The lowest BCUT2D eigenvalue weighted by atomic mass is 9.76. The molecule has 0 bridgehead atoms. The molecule has 5 aromatic carbocycles. The maximum Gasteiger partial charge on any atom is 0.264 e. The van der Waals surface area contributed by atoms with Crippen LogP contribution in [0.3, 0.4) is 0 Å². The number of thioether (sulfide) groups is 1. The summed E-state index contributed by atoms with van der Waals surface area (Å²) < 4.78 is 12.8. The fourth-order valence-electron chi connectivity index (χ4n) is 7.35. The van der Waals surface area contributed by atoms with Crippen molar-refractivity contribution in [3.05, 3.63) is 157 Å². The molecule has 3 aliphatic rings. The largest absolute Gasteiger partial charge is 0.493 e. The number of nitrogens with zero attached hydrogens (tertiary/aromatic N) is 2. The van der Waals surface area contributed by atoms with Crippen molar-refractivity contribution in [3.8, 4) is 11.5 Å². The normalized spacial score (nSPS) is 19.7. The molecule has 2 atom stereocenters. The van der Waals surface area contributed by atoms with Gasteiger partial charge in [0.25, 0.3) is 5.91 Å². The fraction of sp³-hybridized carbons (Fsp3) is 0.190. The first kappa shape index (κ1) is 32.7. The van der Waals surface area contributed by atoms with E-state index >= 15 is 0 Å². The van der Waals surface area contributed by atoms with Gasteiger partial charge in [0.05, 0.1) is 21.3 Å². The van der Waals surface area contributed by atoms with Gasteiger partial charge in [-0.3, -0.25) is 4.79 Å². The molecule has 3 heterocycles. The van der Waals surface area contributed by atoms with E-state index in [0.717, 1.165) is 46.3 Å². The van der Waals surface area contributed by atoms with Gasteiger partial charge in [-0.05, 0) is 111 Å². The average Bonchev–Trinajstić information content (AvgIpc) is 3.49. The molecule has 8 heteroatoms. The lowest BCUT2D eigenvalue weighted by Gasteiger charge is -2.43. The standard InChI is InChI=1S/C42H36IN3O3S/c1-48-37-22-28(21-36(43)40(37)49-26-27-11-5-2-6-12-27)23-38-41(47)45-42(50-38)44-31-24-34-32(29-13-7-3-8-14-29)17-19-46-20-18-33(35(25-31)39(34)46)30-15-9-4-10-16-30/h2-16,21-25,32-33H,17-20,26H2,1H3,(H,44,45,47)/b38-23-/t32-,33+. The highest BCUT2D eigenvalue weighted by atomic mass is 127. The summed E-state index contributed by atoms with van der Waals surface area (Å²) in [6.07, 6.45) is 4.01. The number of amidine groups is 1. The first-order chi connectivity index (χ1) is 24.5. The molecule has 0 spiro atoms. The number of hydrogen-bond donors (Lipinski definition) is 1. The molecule has 5 aromatic rings. The third-order valence-corrected chi connectivity index (χ3v) is 11.4. The van der Waals surface area contributed by atoms with Crippen LogP contribution in [0.2, 0.25) is 0 Å². The van der Waals surface area contributed by atoms with Crippen LogP contribution in [0.1, 0.15) is 58.1 Å². The molecule has 1 amide bonds. The SMILES string of the molecule is COc1cc(/C=C2\SC(=Nc3cc4c5c(c3)[C@H](c3ccccc3)CCN5CC[C@@H]4c3ccccc3)NC2=O)cc(I)c1OCc1ccccc1. The first-order valence-electron chi connectivity index (χ1n) is 16.9. The summed E-state index contributed by atoms with van der Waals surface area (Å²) >= 11 is 3.63. The van der Waals surface area contributed by atoms with Gasteiger partial charge in [-0.15, -0.1) is 0 Å². The van der Waals surface area contributed by atoms with E-state index in [4.69, 9.17) is 14.5 Å². The number of ether oxygens (including phenoxy) is 2. The Morgan fingerprint density at radius 1 is 0.860 bits per heavy atom. The van der Waals surface area contributed by atoms with Crippen LogP contribution >= 0.6 is 34.4 Å². The summed E-state index contributed by atoms with van der Waals surface area (Å²) in [4.78, 5) is 21.5. The summed E-state index contributed by atoms with van der Waals surface area (Å²) in [6.45, 7) is 2.52. The third-order valence-electron chi connectivity index (χ3n) is 9.66. The summed E-state index contributed by atoms with van der Waals surface area (Å²) in [7, 11) is 1.63. The lowest BCUT2D eigenvalue weighted by Crippen LogP contribution is -2.37. The molecular formula is C42H36IN3O3S. The molecule has 50 heavy (non-hydrogen) atoms. The van der Waals surface area contributed by atoms with Gasteiger partial charge in [-0.1, -0.05) is 91.0 Å². The van der Waals surface area contributed by atoms with Gasteiger partial charge in [-0.25, -0.2) is 4.99 Å². The number of carbonyl (C=O) groups is 1. The van der Waals surface area contributed by atoms with Gasteiger partial charge in [0.2, 0.25) is 0 Å². The Hall–Kier alpha value is -4.54.